The maximum atomic E-state index is 12.8. The molecular weight excluding hydrogens is 264 g/mol. The lowest BCUT2D eigenvalue weighted by atomic mass is 9.88. The molecule has 2 saturated heterocycles. The van der Waals surface area contributed by atoms with Gasteiger partial charge >= 0.3 is 0 Å². The molecule has 0 aliphatic carbocycles. The Balaban J connectivity index is 1.65. The fourth-order valence-corrected chi connectivity index (χ4v) is 3.63. The lowest BCUT2D eigenvalue weighted by Gasteiger charge is -2.28. The number of hydrogen-bond acceptors (Lipinski definition) is 3. The predicted octanol–water partition coefficient (Wildman–Crippen LogP) is 2.18. The Labute approximate surface area is 126 Å². The van der Waals surface area contributed by atoms with Gasteiger partial charge in [0.25, 0.3) is 0 Å². The first kappa shape index (κ1) is 14.4. The van der Waals surface area contributed by atoms with Crippen LogP contribution in [0.3, 0.4) is 0 Å². The summed E-state index contributed by atoms with van der Waals surface area (Å²) in [5, 5.41) is 3.55. The summed E-state index contributed by atoms with van der Waals surface area (Å²) < 4.78 is 5.17. The van der Waals surface area contributed by atoms with Gasteiger partial charge in [0.05, 0.1) is 13.0 Å². The summed E-state index contributed by atoms with van der Waals surface area (Å²) in [4.78, 5) is 14.7. The zero-order valence-electron chi connectivity index (χ0n) is 12.8. The Bertz CT molecular complexity index is 500. The molecule has 114 valence electrons. The average molecular weight is 288 g/mol. The predicted molar refractivity (Wildman–Crippen MR) is 82.1 cm³/mol. The number of ether oxygens (including phenoxy) is 1. The highest BCUT2D eigenvalue weighted by Crippen LogP contribution is 2.34. The SMILES string of the molecule is CCN(Cc1ccc(OC)cc1)C(=O)C1CC2CCC1N2. The van der Waals surface area contributed by atoms with E-state index >= 15 is 0 Å². The van der Waals surface area contributed by atoms with Crippen LogP contribution in [0.2, 0.25) is 0 Å². The quantitative estimate of drug-likeness (QED) is 0.903. The molecule has 1 amide bonds. The number of carbonyl (C=O) groups excluding carboxylic acids is 1. The molecule has 2 fully saturated rings. The highest BCUT2D eigenvalue weighted by atomic mass is 16.5. The Kier molecular flexibility index (Phi) is 4.15. The Hall–Kier alpha value is -1.55. The highest BCUT2D eigenvalue weighted by Gasteiger charge is 2.43. The molecule has 4 nitrogen and oxygen atoms in total. The van der Waals surface area contributed by atoms with Gasteiger partial charge in [-0.3, -0.25) is 4.79 Å². The molecule has 0 saturated carbocycles. The highest BCUT2D eigenvalue weighted by molar-refractivity contribution is 5.80. The van der Waals surface area contributed by atoms with Gasteiger partial charge in [-0.05, 0) is 43.9 Å². The monoisotopic (exact) mass is 288 g/mol. The topological polar surface area (TPSA) is 41.6 Å². The number of benzene rings is 1. The molecule has 21 heavy (non-hydrogen) atoms. The standard InChI is InChI=1S/C17H24N2O2/c1-3-19(11-12-4-7-14(21-2)8-5-12)17(20)15-10-13-6-9-16(15)18-13/h4-5,7-8,13,15-16,18H,3,6,9-11H2,1-2H3. The van der Waals surface area contributed by atoms with E-state index in [0.29, 0.717) is 24.5 Å². The molecule has 1 N–H and O–H groups in total. The molecular formula is C17H24N2O2. The van der Waals surface area contributed by atoms with Gasteiger partial charge in [-0.15, -0.1) is 0 Å². The average Bonchev–Trinajstić information content (AvgIpc) is 3.15. The molecule has 3 atom stereocenters. The largest absolute Gasteiger partial charge is 0.497 e. The van der Waals surface area contributed by atoms with Crippen LogP contribution in [-0.4, -0.2) is 36.5 Å². The Morgan fingerprint density at radius 3 is 2.62 bits per heavy atom. The fourth-order valence-electron chi connectivity index (χ4n) is 3.63. The second kappa shape index (κ2) is 6.06. The van der Waals surface area contributed by atoms with Gasteiger partial charge in [-0.25, -0.2) is 0 Å². The van der Waals surface area contributed by atoms with Crippen molar-refractivity contribution < 1.29 is 9.53 Å². The van der Waals surface area contributed by atoms with E-state index in [-0.39, 0.29) is 5.92 Å². The van der Waals surface area contributed by atoms with Crippen LogP contribution < -0.4 is 10.1 Å². The van der Waals surface area contributed by atoms with Crippen molar-refractivity contribution in [3.63, 3.8) is 0 Å². The van der Waals surface area contributed by atoms with Crippen LogP contribution in [0.15, 0.2) is 24.3 Å². The van der Waals surface area contributed by atoms with Crippen molar-refractivity contribution in [3.05, 3.63) is 29.8 Å². The van der Waals surface area contributed by atoms with E-state index in [2.05, 4.69) is 12.2 Å². The molecule has 2 bridgehead atoms. The van der Waals surface area contributed by atoms with E-state index in [9.17, 15) is 4.79 Å². The van der Waals surface area contributed by atoms with Crippen LogP contribution in [-0.2, 0) is 11.3 Å². The lowest BCUT2D eigenvalue weighted by molar-refractivity contribution is -0.136. The number of carbonyl (C=O) groups is 1. The van der Waals surface area contributed by atoms with Crippen LogP contribution in [0.5, 0.6) is 5.75 Å². The van der Waals surface area contributed by atoms with E-state index in [0.717, 1.165) is 30.7 Å². The zero-order chi connectivity index (χ0) is 14.8. The van der Waals surface area contributed by atoms with Crippen LogP contribution in [0.25, 0.3) is 0 Å². The first-order chi connectivity index (χ1) is 10.2. The van der Waals surface area contributed by atoms with Crippen LogP contribution in [0.1, 0.15) is 31.7 Å². The summed E-state index contributed by atoms with van der Waals surface area (Å²) >= 11 is 0. The number of hydrogen-bond donors (Lipinski definition) is 1. The summed E-state index contributed by atoms with van der Waals surface area (Å²) in [7, 11) is 1.67. The van der Waals surface area contributed by atoms with Gasteiger partial charge in [0.15, 0.2) is 0 Å². The Morgan fingerprint density at radius 1 is 1.33 bits per heavy atom. The molecule has 0 radical (unpaired) electrons. The second-order valence-corrected chi connectivity index (χ2v) is 6.09. The zero-order valence-corrected chi connectivity index (χ0v) is 12.8. The summed E-state index contributed by atoms with van der Waals surface area (Å²) in [6.07, 6.45) is 3.41. The van der Waals surface area contributed by atoms with Gasteiger partial charge in [-0.1, -0.05) is 12.1 Å². The maximum absolute atomic E-state index is 12.8. The van der Waals surface area contributed by atoms with Crippen molar-refractivity contribution in [2.75, 3.05) is 13.7 Å². The molecule has 1 aromatic carbocycles. The number of nitrogens with zero attached hydrogens (tertiary/aromatic N) is 1. The normalized spacial score (nSPS) is 26.9. The van der Waals surface area contributed by atoms with Crippen molar-refractivity contribution in [2.24, 2.45) is 5.92 Å². The number of rotatable bonds is 5. The third-order valence-corrected chi connectivity index (χ3v) is 4.84. The van der Waals surface area contributed by atoms with Crippen molar-refractivity contribution in [1.82, 2.24) is 10.2 Å². The Morgan fingerprint density at radius 2 is 2.10 bits per heavy atom. The molecule has 0 aromatic heterocycles. The van der Waals surface area contributed by atoms with Crippen molar-refractivity contribution in [2.45, 2.75) is 44.8 Å². The smallest absolute Gasteiger partial charge is 0.227 e. The lowest BCUT2D eigenvalue weighted by Crippen LogP contribution is -2.40. The minimum absolute atomic E-state index is 0.182. The van der Waals surface area contributed by atoms with Crippen LogP contribution in [0, 0.1) is 5.92 Å². The van der Waals surface area contributed by atoms with E-state index in [1.54, 1.807) is 7.11 Å². The van der Waals surface area contributed by atoms with Gasteiger partial charge in [0.1, 0.15) is 5.75 Å². The van der Waals surface area contributed by atoms with E-state index in [4.69, 9.17) is 4.74 Å². The van der Waals surface area contributed by atoms with Crippen molar-refractivity contribution in [1.29, 1.82) is 0 Å². The fraction of sp³-hybridized carbons (Fsp3) is 0.588. The minimum atomic E-state index is 0.182. The van der Waals surface area contributed by atoms with E-state index in [1.807, 2.05) is 29.2 Å². The molecule has 2 heterocycles. The van der Waals surface area contributed by atoms with Crippen molar-refractivity contribution in [3.8, 4) is 5.75 Å². The van der Waals surface area contributed by atoms with Crippen molar-refractivity contribution >= 4 is 5.91 Å². The molecule has 4 heteroatoms. The summed E-state index contributed by atoms with van der Waals surface area (Å²) in [5.74, 6) is 1.35. The molecule has 0 spiro atoms. The maximum Gasteiger partial charge on any atom is 0.227 e. The summed E-state index contributed by atoms with van der Waals surface area (Å²) in [6.45, 7) is 3.51. The van der Waals surface area contributed by atoms with Gasteiger partial charge in [0, 0.05) is 25.2 Å². The third-order valence-electron chi connectivity index (χ3n) is 4.84. The second-order valence-electron chi connectivity index (χ2n) is 6.09. The minimum Gasteiger partial charge on any atom is -0.497 e. The number of methoxy groups -OCH3 is 1. The first-order valence-electron chi connectivity index (χ1n) is 7.89. The van der Waals surface area contributed by atoms with E-state index in [1.165, 1.54) is 6.42 Å². The molecule has 1 aromatic rings. The van der Waals surface area contributed by atoms with Gasteiger partial charge in [-0.2, -0.15) is 0 Å². The third kappa shape index (κ3) is 2.91. The molecule has 3 unspecified atom stereocenters. The number of nitrogens with one attached hydrogen (secondary N) is 1. The number of fused-ring (bicyclic) bond motifs is 2. The number of amides is 1. The van der Waals surface area contributed by atoms with E-state index < -0.39 is 0 Å². The first-order valence-corrected chi connectivity index (χ1v) is 7.89. The molecule has 3 rings (SSSR count). The molecule has 2 aliphatic heterocycles. The summed E-state index contributed by atoms with van der Waals surface area (Å²) in [5.41, 5.74) is 1.15. The summed E-state index contributed by atoms with van der Waals surface area (Å²) in [6, 6.07) is 8.96. The van der Waals surface area contributed by atoms with Gasteiger partial charge in [0.2, 0.25) is 5.91 Å². The molecule has 2 aliphatic rings. The van der Waals surface area contributed by atoms with Crippen LogP contribution >= 0.6 is 0 Å². The van der Waals surface area contributed by atoms with Gasteiger partial charge < -0.3 is 15.0 Å². The van der Waals surface area contributed by atoms with Crippen LogP contribution in [0.4, 0.5) is 0 Å².